The lowest BCUT2D eigenvalue weighted by Crippen LogP contribution is -2.24. The summed E-state index contributed by atoms with van der Waals surface area (Å²) in [5.74, 6) is -0.0171. The molecule has 3 rings (SSSR count). The molecule has 110 valence electrons. The number of nitrogens with one attached hydrogen (secondary N) is 1. The number of aromatic nitrogens is 4. The quantitative estimate of drug-likeness (QED) is 0.473. The Labute approximate surface area is 112 Å². The van der Waals surface area contributed by atoms with Gasteiger partial charge in [0.1, 0.15) is 12.3 Å². The molecule has 1 fully saturated rings. The summed E-state index contributed by atoms with van der Waals surface area (Å²) in [5.41, 5.74) is 5.50. The van der Waals surface area contributed by atoms with Gasteiger partial charge in [-0.15, -0.1) is 0 Å². The van der Waals surface area contributed by atoms with Gasteiger partial charge in [-0.2, -0.15) is 4.98 Å². The first kappa shape index (κ1) is 14.4. The van der Waals surface area contributed by atoms with E-state index >= 15 is 0 Å². The highest BCUT2D eigenvalue weighted by atomic mass is 16.5. The molecule has 3 heterocycles. The molecule has 1 aliphatic rings. The number of nitrogen functional groups attached to an aromatic ring is 1. The van der Waals surface area contributed by atoms with Gasteiger partial charge in [0.05, 0.1) is 19.0 Å². The van der Waals surface area contributed by atoms with E-state index in [9.17, 15) is 9.90 Å². The van der Waals surface area contributed by atoms with Crippen molar-refractivity contribution < 1.29 is 20.4 Å². The van der Waals surface area contributed by atoms with Crippen molar-refractivity contribution in [3.05, 3.63) is 16.7 Å². The standard InChI is InChI=1S/C10H13N5O4.H2O/c11-10-13-8-7(9(18)14-10)12-3-15(8)6-1-4(17)5(2-16)19-6;/h3-6,16-17H,1-2H2,(H3,11,13,14,18);1H2/t4?,5-,6-;/m1./s1. The first-order valence-corrected chi connectivity index (χ1v) is 5.77. The number of H-pyrrole nitrogens is 1. The van der Waals surface area contributed by atoms with Crippen LogP contribution >= 0.6 is 0 Å². The molecule has 0 aliphatic carbocycles. The van der Waals surface area contributed by atoms with E-state index in [1.54, 1.807) is 0 Å². The van der Waals surface area contributed by atoms with Crippen LogP contribution in [-0.2, 0) is 4.74 Å². The Kier molecular flexibility index (Phi) is 3.72. The molecule has 1 unspecified atom stereocenters. The zero-order valence-electron chi connectivity index (χ0n) is 10.4. The summed E-state index contributed by atoms with van der Waals surface area (Å²) >= 11 is 0. The van der Waals surface area contributed by atoms with Gasteiger partial charge in [-0.3, -0.25) is 14.3 Å². The van der Waals surface area contributed by atoms with Crippen molar-refractivity contribution in [2.75, 3.05) is 12.3 Å². The van der Waals surface area contributed by atoms with E-state index in [1.807, 2.05) is 0 Å². The Morgan fingerprint density at radius 1 is 1.60 bits per heavy atom. The second-order valence-corrected chi connectivity index (χ2v) is 4.39. The lowest BCUT2D eigenvalue weighted by Gasteiger charge is -2.13. The Hall–Kier alpha value is -2.01. The highest BCUT2D eigenvalue weighted by molar-refractivity contribution is 5.70. The van der Waals surface area contributed by atoms with E-state index in [2.05, 4.69) is 15.0 Å². The first-order valence-electron chi connectivity index (χ1n) is 5.77. The number of hydrogen-bond acceptors (Lipinski definition) is 7. The summed E-state index contributed by atoms with van der Waals surface area (Å²) < 4.78 is 7.01. The number of fused-ring (bicyclic) bond motifs is 1. The number of hydrogen-bond donors (Lipinski definition) is 4. The van der Waals surface area contributed by atoms with Crippen molar-refractivity contribution >= 4 is 17.1 Å². The topological polar surface area (TPSA) is 171 Å². The van der Waals surface area contributed by atoms with Crippen LogP contribution in [0.4, 0.5) is 5.95 Å². The van der Waals surface area contributed by atoms with Crippen LogP contribution in [0.3, 0.4) is 0 Å². The lowest BCUT2D eigenvalue weighted by molar-refractivity contribution is -0.0432. The number of nitrogens with zero attached hydrogens (tertiary/aromatic N) is 3. The summed E-state index contributed by atoms with van der Waals surface area (Å²) in [6.45, 7) is -0.277. The van der Waals surface area contributed by atoms with Crippen LogP contribution in [0.1, 0.15) is 12.6 Å². The fourth-order valence-corrected chi connectivity index (χ4v) is 2.20. The minimum atomic E-state index is -0.771. The van der Waals surface area contributed by atoms with Crippen molar-refractivity contribution in [1.29, 1.82) is 0 Å². The molecular weight excluding hydrogens is 270 g/mol. The van der Waals surface area contributed by atoms with Crippen LogP contribution < -0.4 is 11.3 Å². The summed E-state index contributed by atoms with van der Waals surface area (Å²) in [6.07, 6.45) is -0.270. The maximum absolute atomic E-state index is 11.6. The molecule has 0 saturated carbocycles. The summed E-state index contributed by atoms with van der Waals surface area (Å²) in [4.78, 5) is 22.0. The largest absolute Gasteiger partial charge is 0.412 e. The summed E-state index contributed by atoms with van der Waals surface area (Å²) in [5, 5.41) is 18.8. The highest BCUT2D eigenvalue weighted by Crippen LogP contribution is 2.30. The fraction of sp³-hybridized carbons (Fsp3) is 0.500. The number of nitrogens with two attached hydrogens (primary N) is 1. The van der Waals surface area contributed by atoms with Crippen molar-refractivity contribution in [3.63, 3.8) is 0 Å². The second-order valence-electron chi connectivity index (χ2n) is 4.39. The van der Waals surface area contributed by atoms with Crippen LogP contribution in [0.2, 0.25) is 0 Å². The Bertz CT molecular complexity index is 668. The molecule has 10 heteroatoms. The Morgan fingerprint density at radius 2 is 2.35 bits per heavy atom. The molecule has 3 atom stereocenters. The smallest absolute Gasteiger partial charge is 0.280 e. The molecule has 0 radical (unpaired) electrons. The molecule has 1 saturated heterocycles. The molecule has 0 bridgehead atoms. The van der Waals surface area contributed by atoms with Gasteiger partial charge in [0.25, 0.3) is 5.56 Å². The third-order valence-electron chi connectivity index (χ3n) is 3.15. The molecule has 20 heavy (non-hydrogen) atoms. The van der Waals surface area contributed by atoms with Crippen molar-refractivity contribution in [3.8, 4) is 0 Å². The van der Waals surface area contributed by atoms with E-state index in [-0.39, 0.29) is 35.6 Å². The number of aromatic amines is 1. The van der Waals surface area contributed by atoms with Crippen molar-refractivity contribution in [1.82, 2.24) is 19.5 Å². The normalized spacial score (nSPS) is 25.8. The van der Waals surface area contributed by atoms with Crippen LogP contribution in [0.5, 0.6) is 0 Å². The summed E-state index contributed by atoms with van der Waals surface area (Å²) in [7, 11) is 0. The molecule has 1 aliphatic heterocycles. The van der Waals surface area contributed by atoms with Crippen LogP contribution in [-0.4, -0.2) is 54.0 Å². The number of ether oxygens (including phenoxy) is 1. The van der Waals surface area contributed by atoms with Gasteiger partial charge in [-0.1, -0.05) is 0 Å². The zero-order chi connectivity index (χ0) is 13.6. The van der Waals surface area contributed by atoms with E-state index in [1.165, 1.54) is 10.9 Å². The van der Waals surface area contributed by atoms with Gasteiger partial charge >= 0.3 is 0 Å². The zero-order valence-corrected chi connectivity index (χ0v) is 10.4. The van der Waals surface area contributed by atoms with Gasteiger partial charge in [0.15, 0.2) is 11.2 Å². The van der Waals surface area contributed by atoms with Gasteiger partial charge in [-0.25, -0.2) is 4.98 Å². The van der Waals surface area contributed by atoms with Gasteiger partial charge in [0, 0.05) is 6.42 Å². The maximum Gasteiger partial charge on any atom is 0.280 e. The molecular formula is C10H15N5O5. The van der Waals surface area contributed by atoms with Crippen molar-refractivity contribution in [2.45, 2.75) is 24.9 Å². The summed E-state index contributed by atoms with van der Waals surface area (Å²) in [6, 6.07) is 0. The number of aliphatic hydroxyl groups is 2. The molecule has 2 aromatic heterocycles. The average molecular weight is 285 g/mol. The van der Waals surface area contributed by atoms with Gasteiger partial charge in [0.2, 0.25) is 5.95 Å². The third-order valence-corrected chi connectivity index (χ3v) is 3.15. The minimum Gasteiger partial charge on any atom is -0.412 e. The van der Waals surface area contributed by atoms with Crippen LogP contribution in [0, 0.1) is 0 Å². The number of rotatable bonds is 2. The Balaban J connectivity index is 0.00000147. The minimum absolute atomic E-state index is 0. The van der Waals surface area contributed by atoms with Gasteiger partial charge in [-0.05, 0) is 0 Å². The number of aliphatic hydroxyl groups excluding tert-OH is 2. The first-order chi connectivity index (χ1) is 9.10. The molecule has 2 aromatic rings. The molecule has 0 spiro atoms. The monoisotopic (exact) mass is 285 g/mol. The number of anilines is 1. The third kappa shape index (κ3) is 2.14. The van der Waals surface area contributed by atoms with E-state index in [0.717, 1.165) is 0 Å². The SMILES string of the molecule is Nc1nc2c(ncn2[C@H]2CC(O)[C@@H](CO)O2)c(=O)[nH]1.O. The number of imidazole rings is 1. The highest BCUT2D eigenvalue weighted by Gasteiger charge is 2.35. The fourth-order valence-electron chi connectivity index (χ4n) is 2.20. The van der Waals surface area contributed by atoms with Crippen LogP contribution in [0.25, 0.3) is 11.2 Å². The van der Waals surface area contributed by atoms with Crippen LogP contribution in [0.15, 0.2) is 11.1 Å². The van der Waals surface area contributed by atoms with Crippen molar-refractivity contribution in [2.24, 2.45) is 0 Å². The maximum atomic E-state index is 11.6. The average Bonchev–Trinajstić information content (AvgIpc) is 2.92. The predicted molar refractivity (Wildman–Crippen MR) is 67.8 cm³/mol. The molecule has 0 amide bonds. The molecule has 7 N–H and O–H groups in total. The predicted octanol–water partition coefficient (Wildman–Crippen LogP) is -2.48. The van der Waals surface area contributed by atoms with E-state index in [0.29, 0.717) is 0 Å². The molecule has 10 nitrogen and oxygen atoms in total. The van der Waals surface area contributed by atoms with E-state index in [4.69, 9.17) is 15.6 Å². The lowest BCUT2D eigenvalue weighted by atomic mass is 10.2. The second kappa shape index (κ2) is 5.17. The van der Waals surface area contributed by atoms with E-state index < -0.39 is 24.0 Å². The molecule has 0 aromatic carbocycles. The van der Waals surface area contributed by atoms with Gasteiger partial charge < -0.3 is 26.2 Å². The Morgan fingerprint density at radius 3 is 3.00 bits per heavy atom.